The minimum atomic E-state index is 0.659. The molecule has 0 spiro atoms. The van der Waals surface area contributed by atoms with Crippen molar-refractivity contribution in [2.45, 2.75) is 0 Å². The predicted octanol–water partition coefficient (Wildman–Crippen LogP) is 10.5. The molecule has 44 heavy (non-hydrogen) atoms. The maximum Gasteiger partial charge on any atom is 0.162 e. The van der Waals surface area contributed by atoms with E-state index < -0.39 is 0 Å². The third kappa shape index (κ3) is 3.85. The maximum atomic E-state index is 6.45. The molecule has 0 fully saturated rings. The normalized spacial score (nSPS) is 11.6. The van der Waals surface area contributed by atoms with Gasteiger partial charge in [0.2, 0.25) is 0 Å². The van der Waals surface area contributed by atoms with Crippen molar-refractivity contribution in [3.05, 3.63) is 152 Å². The Morgan fingerprint density at radius 3 is 1.80 bits per heavy atom. The van der Waals surface area contributed by atoms with Crippen LogP contribution in [0, 0.1) is 0 Å². The van der Waals surface area contributed by atoms with Gasteiger partial charge < -0.3 is 4.42 Å². The molecule has 0 unspecified atom stereocenters. The summed E-state index contributed by atoms with van der Waals surface area (Å²) in [7, 11) is 0. The first kappa shape index (κ1) is 24.6. The molecule has 0 saturated carbocycles. The van der Waals surface area contributed by atoms with E-state index in [9.17, 15) is 0 Å². The molecule has 0 N–H and O–H groups in total. The van der Waals surface area contributed by atoms with Gasteiger partial charge in [-0.3, -0.25) is 4.57 Å². The van der Waals surface area contributed by atoms with Crippen LogP contribution in [-0.2, 0) is 0 Å². The molecule has 0 aliphatic heterocycles. The van der Waals surface area contributed by atoms with Gasteiger partial charge in [-0.2, -0.15) is 0 Å². The van der Waals surface area contributed by atoms with Gasteiger partial charge in [-0.25, -0.2) is 9.97 Å². The second kappa shape index (κ2) is 9.79. The number of hydrogen-bond acceptors (Lipinski definition) is 3. The number of benzene rings is 6. The Bertz CT molecular complexity index is 2430. The van der Waals surface area contributed by atoms with Gasteiger partial charge in [-0.15, -0.1) is 0 Å². The van der Waals surface area contributed by atoms with E-state index >= 15 is 0 Å². The second-order valence-corrected chi connectivity index (χ2v) is 11.0. The molecule has 4 nitrogen and oxygen atoms in total. The molecule has 3 aromatic heterocycles. The standard InChI is InChI=1S/C40H25N3O/c1-2-11-26(12-3-1)27-21-23-28(24-22-27)40-41-34(33-17-10-16-32-31-15-6-9-20-37(31)44-39(32)33)25-38(42-40)43-35-18-7-4-13-29(35)30-14-5-8-19-36(30)43/h1-25H. The zero-order valence-corrected chi connectivity index (χ0v) is 23.7. The maximum absolute atomic E-state index is 6.45. The van der Waals surface area contributed by atoms with E-state index in [-0.39, 0.29) is 0 Å². The van der Waals surface area contributed by atoms with Gasteiger partial charge in [0.15, 0.2) is 5.82 Å². The zero-order valence-electron chi connectivity index (χ0n) is 23.7. The van der Waals surface area contributed by atoms with E-state index in [4.69, 9.17) is 14.4 Å². The third-order valence-electron chi connectivity index (χ3n) is 8.45. The Morgan fingerprint density at radius 1 is 0.455 bits per heavy atom. The predicted molar refractivity (Wildman–Crippen MR) is 180 cm³/mol. The Morgan fingerprint density at radius 2 is 1.05 bits per heavy atom. The number of hydrogen-bond donors (Lipinski definition) is 0. The number of aromatic nitrogens is 3. The van der Waals surface area contributed by atoms with Gasteiger partial charge in [0.25, 0.3) is 0 Å². The smallest absolute Gasteiger partial charge is 0.162 e. The fourth-order valence-corrected chi connectivity index (χ4v) is 6.38. The summed E-state index contributed by atoms with van der Waals surface area (Å²) in [5.74, 6) is 1.47. The highest BCUT2D eigenvalue weighted by Gasteiger charge is 2.19. The van der Waals surface area contributed by atoms with Gasteiger partial charge in [0, 0.05) is 38.7 Å². The monoisotopic (exact) mass is 563 g/mol. The zero-order chi connectivity index (χ0) is 29.0. The summed E-state index contributed by atoms with van der Waals surface area (Å²) < 4.78 is 8.70. The molecule has 0 aliphatic rings. The lowest BCUT2D eigenvalue weighted by Gasteiger charge is -2.12. The quantitative estimate of drug-likeness (QED) is 0.214. The van der Waals surface area contributed by atoms with Crippen molar-refractivity contribution < 1.29 is 4.42 Å². The van der Waals surface area contributed by atoms with Crippen molar-refractivity contribution in [1.82, 2.24) is 14.5 Å². The number of fused-ring (bicyclic) bond motifs is 6. The summed E-state index contributed by atoms with van der Waals surface area (Å²) in [4.78, 5) is 10.4. The van der Waals surface area contributed by atoms with Crippen LogP contribution in [0.25, 0.3) is 83.3 Å². The molecule has 0 saturated heterocycles. The van der Waals surface area contributed by atoms with Crippen molar-refractivity contribution in [3.8, 4) is 39.6 Å². The van der Waals surface area contributed by atoms with Crippen LogP contribution < -0.4 is 0 Å². The van der Waals surface area contributed by atoms with Crippen LogP contribution in [0.3, 0.4) is 0 Å². The molecule has 4 heteroatoms. The Balaban J connectivity index is 1.31. The van der Waals surface area contributed by atoms with E-state index in [0.29, 0.717) is 5.82 Å². The van der Waals surface area contributed by atoms with Gasteiger partial charge in [-0.1, -0.05) is 121 Å². The highest BCUT2D eigenvalue weighted by molar-refractivity contribution is 6.10. The van der Waals surface area contributed by atoms with Gasteiger partial charge in [0.1, 0.15) is 17.0 Å². The van der Waals surface area contributed by atoms with Crippen LogP contribution in [0.5, 0.6) is 0 Å². The number of furan rings is 1. The number of rotatable bonds is 4. The van der Waals surface area contributed by atoms with Crippen molar-refractivity contribution in [1.29, 1.82) is 0 Å². The van der Waals surface area contributed by atoms with Crippen molar-refractivity contribution in [2.75, 3.05) is 0 Å². The van der Waals surface area contributed by atoms with E-state index in [0.717, 1.165) is 61.2 Å². The fourth-order valence-electron chi connectivity index (χ4n) is 6.38. The third-order valence-corrected chi connectivity index (χ3v) is 8.45. The van der Waals surface area contributed by atoms with Crippen molar-refractivity contribution in [2.24, 2.45) is 0 Å². The lowest BCUT2D eigenvalue weighted by atomic mass is 10.0. The number of para-hydroxylation sites is 4. The molecule has 0 amide bonds. The largest absolute Gasteiger partial charge is 0.455 e. The summed E-state index contributed by atoms with van der Waals surface area (Å²) in [6, 6.07) is 52.5. The average Bonchev–Trinajstić information content (AvgIpc) is 3.65. The van der Waals surface area contributed by atoms with Gasteiger partial charge in [0.05, 0.1) is 16.7 Å². The van der Waals surface area contributed by atoms with Crippen molar-refractivity contribution >= 4 is 43.7 Å². The van der Waals surface area contributed by atoms with Crippen molar-refractivity contribution in [3.63, 3.8) is 0 Å². The molecule has 3 heterocycles. The van der Waals surface area contributed by atoms with E-state index in [1.807, 2.05) is 24.3 Å². The molecular weight excluding hydrogens is 538 g/mol. The van der Waals surface area contributed by atoms with Crippen LogP contribution in [0.1, 0.15) is 0 Å². The lowest BCUT2D eigenvalue weighted by molar-refractivity contribution is 0.670. The van der Waals surface area contributed by atoms with Crippen LogP contribution in [-0.4, -0.2) is 14.5 Å². The Labute approximate surface area is 253 Å². The summed E-state index contributed by atoms with van der Waals surface area (Å²) >= 11 is 0. The van der Waals surface area contributed by atoms with Crippen LogP contribution >= 0.6 is 0 Å². The summed E-state index contributed by atoms with van der Waals surface area (Å²) in [6.07, 6.45) is 0. The molecule has 9 aromatic rings. The topological polar surface area (TPSA) is 43.9 Å². The summed E-state index contributed by atoms with van der Waals surface area (Å²) in [5, 5.41) is 4.55. The molecule has 0 aliphatic carbocycles. The fraction of sp³-hybridized carbons (Fsp3) is 0. The average molecular weight is 564 g/mol. The first-order chi connectivity index (χ1) is 21.8. The van der Waals surface area contributed by atoms with E-state index in [1.54, 1.807) is 0 Å². The molecule has 0 bridgehead atoms. The second-order valence-electron chi connectivity index (χ2n) is 11.0. The van der Waals surface area contributed by atoms with Crippen LogP contribution in [0.4, 0.5) is 0 Å². The minimum Gasteiger partial charge on any atom is -0.455 e. The van der Waals surface area contributed by atoms with Gasteiger partial charge in [-0.05, 0) is 35.4 Å². The van der Waals surface area contributed by atoms with Crippen LogP contribution in [0.2, 0.25) is 0 Å². The SMILES string of the molecule is c1ccc(-c2ccc(-c3nc(-c4cccc5c4oc4ccccc45)cc(-n4c5ccccc5c5ccccc54)n3)cc2)cc1. The molecule has 0 atom stereocenters. The Kier molecular flexibility index (Phi) is 5.47. The highest BCUT2D eigenvalue weighted by Crippen LogP contribution is 2.38. The first-order valence-electron chi connectivity index (χ1n) is 14.8. The molecule has 206 valence electrons. The molecule has 9 rings (SSSR count). The molecular formula is C40H25N3O. The number of nitrogens with zero attached hydrogens (tertiary/aromatic N) is 3. The minimum absolute atomic E-state index is 0.659. The molecule has 0 radical (unpaired) electrons. The van der Waals surface area contributed by atoms with Crippen LogP contribution in [0.15, 0.2) is 156 Å². The molecule has 6 aromatic carbocycles. The highest BCUT2D eigenvalue weighted by atomic mass is 16.3. The van der Waals surface area contributed by atoms with E-state index in [1.165, 1.54) is 16.3 Å². The first-order valence-corrected chi connectivity index (χ1v) is 14.8. The Hall–Kier alpha value is -6.00. The van der Waals surface area contributed by atoms with E-state index in [2.05, 4.69) is 132 Å². The lowest BCUT2D eigenvalue weighted by Crippen LogP contribution is -2.02. The van der Waals surface area contributed by atoms with Gasteiger partial charge >= 0.3 is 0 Å². The summed E-state index contributed by atoms with van der Waals surface area (Å²) in [5.41, 5.74) is 8.92. The summed E-state index contributed by atoms with van der Waals surface area (Å²) in [6.45, 7) is 0.